The molecule has 2 aromatic carbocycles. The molecular formula is C22H24N3O5PS. The van der Waals surface area contributed by atoms with Crippen LogP contribution in [0.5, 0.6) is 0 Å². The van der Waals surface area contributed by atoms with Gasteiger partial charge in [-0.3, -0.25) is 4.57 Å². The van der Waals surface area contributed by atoms with Crippen molar-refractivity contribution in [3.05, 3.63) is 71.1 Å². The lowest BCUT2D eigenvalue weighted by molar-refractivity contribution is 0.104. The maximum Gasteiger partial charge on any atom is 0.410 e. The Morgan fingerprint density at radius 1 is 1.16 bits per heavy atom. The first-order valence-corrected chi connectivity index (χ1v) is 12.8. The fourth-order valence-electron chi connectivity index (χ4n) is 3.52. The van der Waals surface area contributed by atoms with Gasteiger partial charge in [0.25, 0.3) is 0 Å². The zero-order valence-corrected chi connectivity index (χ0v) is 19.0. The first-order chi connectivity index (χ1) is 15.4. The van der Waals surface area contributed by atoms with Crippen molar-refractivity contribution in [3.63, 3.8) is 0 Å². The highest BCUT2D eigenvalue weighted by Crippen LogP contribution is 2.39. The number of amides is 1. The third kappa shape index (κ3) is 6.17. The van der Waals surface area contributed by atoms with Crippen LogP contribution in [0, 0.1) is 0 Å². The molecule has 2 heterocycles. The van der Waals surface area contributed by atoms with E-state index in [0.717, 1.165) is 28.4 Å². The molecule has 0 bridgehead atoms. The lowest BCUT2D eigenvalue weighted by Gasteiger charge is -2.16. The number of nitrogens with one attached hydrogen (secondary N) is 1. The zero-order chi connectivity index (χ0) is 22.6. The van der Waals surface area contributed by atoms with Crippen molar-refractivity contribution < 1.29 is 23.9 Å². The van der Waals surface area contributed by atoms with E-state index < -0.39 is 7.60 Å². The molecule has 1 unspecified atom stereocenters. The summed E-state index contributed by atoms with van der Waals surface area (Å²) in [7, 11) is -4.08. The Kier molecular flexibility index (Phi) is 6.91. The Balaban J connectivity index is 1.28. The molecule has 8 nitrogen and oxygen atoms in total. The minimum Gasteiger partial charge on any atom is -0.445 e. The van der Waals surface area contributed by atoms with Gasteiger partial charge in [0.05, 0.1) is 11.9 Å². The normalized spacial score (nSPS) is 16.2. The van der Waals surface area contributed by atoms with Gasteiger partial charge >= 0.3 is 13.7 Å². The van der Waals surface area contributed by atoms with Crippen molar-refractivity contribution in [1.29, 1.82) is 0 Å². The number of thiazole rings is 1. The number of hydrogen-bond acceptors (Lipinski definition) is 6. The Labute approximate surface area is 190 Å². The average molecular weight is 473 g/mol. The maximum atomic E-state index is 12.3. The number of nitrogens with zero attached hydrogens (tertiary/aromatic N) is 2. The van der Waals surface area contributed by atoms with Crippen LogP contribution < -0.4 is 5.32 Å². The van der Waals surface area contributed by atoms with Crippen LogP contribution in [0.15, 0.2) is 60.0 Å². The van der Waals surface area contributed by atoms with E-state index in [9.17, 15) is 9.36 Å². The van der Waals surface area contributed by atoms with E-state index in [-0.39, 0.29) is 24.9 Å². The summed E-state index contributed by atoms with van der Waals surface area (Å²) in [5.74, 6) is 0. The van der Waals surface area contributed by atoms with Gasteiger partial charge in [0, 0.05) is 30.1 Å². The summed E-state index contributed by atoms with van der Waals surface area (Å²) < 4.78 is 16.5. The van der Waals surface area contributed by atoms with E-state index in [4.69, 9.17) is 14.5 Å². The molecule has 3 N–H and O–H groups in total. The minimum absolute atomic E-state index is 0.101. The summed E-state index contributed by atoms with van der Waals surface area (Å²) in [4.78, 5) is 36.8. The number of hydrogen-bond donors (Lipinski definition) is 3. The predicted molar refractivity (Wildman–Crippen MR) is 124 cm³/mol. The molecule has 10 heteroatoms. The molecule has 32 heavy (non-hydrogen) atoms. The first kappa shape index (κ1) is 22.5. The zero-order valence-electron chi connectivity index (χ0n) is 17.3. The lowest BCUT2D eigenvalue weighted by Crippen LogP contribution is -2.32. The van der Waals surface area contributed by atoms with E-state index >= 15 is 0 Å². The Morgan fingerprint density at radius 2 is 1.91 bits per heavy atom. The van der Waals surface area contributed by atoms with Crippen LogP contribution in [0.25, 0.3) is 11.3 Å². The van der Waals surface area contributed by atoms with Crippen LogP contribution in [0.3, 0.4) is 0 Å². The maximum absolute atomic E-state index is 12.3. The molecule has 0 saturated carbocycles. The topological polar surface area (TPSA) is 112 Å². The minimum atomic E-state index is -4.08. The van der Waals surface area contributed by atoms with Crippen molar-refractivity contribution >= 4 is 30.2 Å². The van der Waals surface area contributed by atoms with Gasteiger partial charge in [0.15, 0.2) is 5.13 Å². The van der Waals surface area contributed by atoms with Crippen LogP contribution >= 0.6 is 18.9 Å². The third-order valence-electron chi connectivity index (χ3n) is 5.12. The molecule has 1 atom stereocenters. The Bertz CT molecular complexity index is 1100. The SMILES string of the molecule is O=C(OCc1ccccc1)N1CCC(Nc2nc(-c3ccc(CP(=O)(O)O)cc3)cs2)C1. The molecule has 168 valence electrons. The summed E-state index contributed by atoms with van der Waals surface area (Å²) in [6.45, 7) is 1.45. The van der Waals surface area contributed by atoms with E-state index in [1.54, 1.807) is 17.0 Å². The Hall–Kier alpha value is -2.71. The van der Waals surface area contributed by atoms with Crippen LogP contribution in [0.2, 0.25) is 0 Å². The van der Waals surface area contributed by atoms with Gasteiger partial charge < -0.3 is 24.7 Å². The molecule has 0 radical (unpaired) electrons. The number of carbonyl (C=O) groups is 1. The van der Waals surface area contributed by atoms with Gasteiger partial charge in [-0.2, -0.15) is 0 Å². The standard InChI is InChI=1S/C22H24N3O5PS/c26-22(30-13-16-4-2-1-3-5-16)25-11-10-19(12-25)23-21-24-20(15-32-21)18-8-6-17(7-9-18)14-31(27,28)29/h1-9,15,19H,10-14H2,(H,23,24)(H2,27,28,29). The predicted octanol–water partition coefficient (Wildman–Crippen LogP) is 4.31. The quantitative estimate of drug-likeness (QED) is 0.439. The second-order valence-electron chi connectivity index (χ2n) is 7.67. The molecule has 1 aromatic heterocycles. The van der Waals surface area contributed by atoms with Crippen molar-refractivity contribution in [2.75, 3.05) is 18.4 Å². The third-order valence-corrected chi connectivity index (χ3v) is 6.67. The molecule has 1 amide bonds. The van der Waals surface area contributed by atoms with E-state index in [0.29, 0.717) is 18.7 Å². The number of benzene rings is 2. The molecular weight excluding hydrogens is 449 g/mol. The summed E-state index contributed by atoms with van der Waals surface area (Å²) in [5, 5.41) is 6.09. The number of aromatic nitrogens is 1. The molecule has 4 rings (SSSR count). The molecule has 0 spiro atoms. The molecule has 1 saturated heterocycles. The summed E-state index contributed by atoms with van der Waals surface area (Å²) >= 11 is 1.48. The smallest absolute Gasteiger partial charge is 0.410 e. The van der Waals surface area contributed by atoms with Gasteiger partial charge in [-0.15, -0.1) is 11.3 Å². The molecule has 0 aliphatic carbocycles. The second kappa shape index (κ2) is 9.83. The van der Waals surface area contributed by atoms with E-state index in [2.05, 4.69) is 10.3 Å². The van der Waals surface area contributed by atoms with Crippen LogP contribution in [-0.4, -0.2) is 44.9 Å². The summed E-state index contributed by atoms with van der Waals surface area (Å²) in [6.07, 6.45) is 0.226. The van der Waals surface area contributed by atoms with Crippen LogP contribution in [0.4, 0.5) is 9.93 Å². The van der Waals surface area contributed by atoms with Crippen molar-refractivity contribution in [1.82, 2.24) is 9.88 Å². The highest BCUT2D eigenvalue weighted by atomic mass is 32.1. The number of ether oxygens (including phenoxy) is 1. The van der Waals surface area contributed by atoms with Crippen LogP contribution in [-0.2, 0) is 22.1 Å². The average Bonchev–Trinajstić information content (AvgIpc) is 3.42. The lowest BCUT2D eigenvalue weighted by atomic mass is 10.1. The fourth-order valence-corrected chi connectivity index (χ4v) is 5.00. The molecule has 3 aromatic rings. The van der Waals surface area contributed by atoms with Crippen LogP contribution in [0.1, 0.15) is 17.5 Å². The molecule has 1 aliphatic rings. The number of carbonyl (C=O) groups excluding carboxylic acids is 1. The monoisotopic (exact) mass is 473 g/mol. The second-order valence-corrected chi connectivity index (χ2v) is 10.2. The number of anilines is 1. The highest BCUT2D eigenvalue weighted by molar-refractivity contribution is 7.50. The Morgan fingerprint density at radius 3 is 2.62 bits per heavy atom. The largest absolute Gasteiger partial charge is 0.445 e. The van der Waals surface area contributed by atoms with Gasteiger partial charge in [-0.05, 0) is 17.5 Å². The molecule has 1 aliphatic heterocycles. The highest BCUT2D eigenvalue weighted by Gasteiger charge is 2.27. The number of likely N-dealkylation sites (tertiary alicyclic amines) is 1. The summed E-state index contributed by atoms with van der Waals surface area (Å²) in [6, 6.07) is 16.7. The first-order valence-electron chi connectivity index (χ1n) is 10.2. The fraction of sp³-hybridized carbons (Fsp3) is 0.273. The van der Waals surface area contributed by atoms with Crippen molar-refractivity contribution in [2.45, 2.75) is 25.2 Å². The number of rotatable bonds is 7. The van der Waals surface area contributed by atoms with Gasteiger partial charge in [-0.25, -0.2) is 9.78 Å². The van der Waals surface area contributed by atoms with Crippen molar-refractivity contribution in [3.8, 4) is 11.3 Å². The summed E-state index contributed by atoms with van der Waals surface area (Å²) in [5.41, 5.74) is 3.21. The van der Waals surface area contributed by atoms with Gasteiger partial charge in [0.1, 0.15) is 6.61 Å². The van der Waals surface area contributed by atoms with E-state index in [1.165, 1.54) is 11.3 Å². The van der Waals surface area contributed by atoms with Crippen molar-refractivity contribution in [2.24, 2.45) is 0 Å². The van der Waals surface area contributed by atoms with Gasteiger partial charge in [-0.1, -0.05) is 54.6 Å². The molecule has 1 fully saturated rings. The van der Waals surface area contributed by atoms with Gasteiger partial charge in [0.2, 0.25) is 0 Å². The van der Waals surface area contributed by atoms with E-state index in [1.807, 2.05) is 47.8 Å².